The van der Waals surface area contributed by atoms with Gasteiger partial charge in [-0.3, -0.25) is 4.68 Å². The number of rotatable bonds is 2. The lowest BCUT2D eigenvalue weighted by Gasteiger charge is -2.24. The summed E-state index contributed by atoms with van der Waals surface area (Å²) in [5, 5.41) is 11.9. The number of aromatic nitrogens is 5. The summed E-state index contributed by atoms with van der Waals surface area (Å²) in [6, 6.07) is 0.0286. The summed E-state index contributed by atoms with van der Waals surface area (Å²) >= 11 is 0. The Bertz CT molecular complexity index is 702. The molecule has 1 aliphatic rings. The number of hydrogen-bond acceptors (Lipinski definition) is 6. The van der Waals surface area contributed by atoms with Crippen LogP contribution in [0.2, 0.25) is 0 Å². The molecule has 1 aliphatic heterocycles. The maximum Gasteiger partial charge on any atom is 0.378 e. The van der Waals surface area contributed by atoms with Crippen LogP contribution in [0.3, 0.4) is 0 Å². The van der Waals surface area contributed by atoms with Crippen LogP contribution in [-0.4, -0.2) is 44.2 Å². The van der Waals surface area contributed by atoms with Gasteiger partial charge in [0.1, 0.15) is 0 Å². The minimum absolute atomic E-state index is 0.0286. The fourth-order valence-corrected chi connectivity index (χ4v) is 2.82. The van der Waals surface area contributed by atoms with Gasteiger partial charge in [-0.25, -0.2) is 9.48 Å². The quantitative estimate of drug-likeness (QED) is 0.824. The van der Waals surface area contributed by atoms with E-state index in [1.54, 1.807) is 4.68 Å². The van der Waals surface area contributed by atoms with Crippen molar-refractivity contribution < 1.29 is 9.53 Å². The molecule has 0 amide bonds. The lowest BCUT2D eigenvalue weighted by Crippen LogP contribution is -2.25. The second-order valence-electron chi connectivity index (χ2n) is 5.13. The molecule has 8 heteroatoms. The normalized spacial score (nSPS) is 17.2. The van der Waals surface area contributed by atoms with Crippen LogP contribution in [-0.2, 0) is 11.8 Å². The Balaban J connectivity index is 2.08. The monoisotopic (exact) mass is 290 g/mol. The van der Waals surface area contributed by atoms with Crippen LogP contribution in [0, 0.1) is 13.8 Å². The number of esters is 1. The van der Waals surface area contributed by atoms with Crippen molar-refractivity contribution in [3.8, 4) is 0 Å². The van der Waals surface area contributed by atoms with Gasteiger partial charge in [0.2, 0.25) is 5.95 Å². The van der Waals surface area contributed by atoms with Crippen molar-refractivity contribution in [3.05, 3.63) is 22.8 Å². The van der Waals surface area contributed by atoms with Crippen LogP contribution < -0.4 is 5.32 Å². The fourth-order valence-electron chi connectivity index (χ4n) is 2.82. The summed E-state index contributed by atoms with van der Waals surface area (Å²) in [5.74, 6) is 0.137. The number of fused-ring (bicyclic) bond motifs is 1. The highest BCUT2D eigenvalue weighted by atomic mass is 16.5. The Morgan fingerprint density at radius 3 is 2.76 bits per heavy atom. The molecule has 3 rings (SSSR count). The van der Waals surface area contributed by atoms with Gasteiger partial charge in [-0.15, -0.1) is 5.10 Å². The SMILES string of the molecule is COC(=O)c1nc2n(n1)C(c1c(C)nn(C)c1C)CCN2. The minimum Gasteiger partial charge on any atom is -0.463 e. The number of carbonyl (C=O) groups excluding carboxylic acids is 1. The molecule has 0 saturated carbocycles. The molecule has 8 nitrogen and oxygen atoms in total. The number of carbonyl (C=O) groups is 1. The number of anilines is 1. The molecule has 0 aromatic carbocycles. The molecule has 0 aliphatic carbocycles. The van der Waals surface area contributed by atoms with Crippen molar-refractivity contribution in [2.24, 2.45) is 7.05 Å². The van der Waals surface area contributed by atoms with Crippen molar-refractivity contribution in [1.29, 1.82) is 0 Å². The molecule has 0 radical (unpaired) electrons. The van der Waals surface area contributed by atoms with E-state index in [4.69, 9.17) is 0 Å². The van der Waals surface area contributed by atoms with E-state index in [1.807, 2.05) is 25.6 Å². The predicted octanol–water partition coefficient (Wildman–Crippen LogP) is 0.820. The highest BCUT2D eigenvalue weighted by molar-refractivity contribution is 5.85. The van der Waals surface area contributed by atoms with Gasteiger partial charge in [-0.1, -0.05) is 0 Å². The first-order valence-corrected chi connectivity index (χ1v) is 6.81. The average Bonchev–Trinajstić information content (AvgIpc) is 3.00. The third kappa shape index (κ3) is 2.07. The van der Waals surface area contributed by atoms with Crippen LogP contribution in [0.4, 0.5) is 5.95 Å². The van der Waals surface area contributed by atoms with Crippen molar-refractivity contribution >= 4 is 11.9 Å². The summed E-state index contributed by atoms with van der Waals surface area (Å²) in [4.78, 5) is 15.8. The third-order valence-corrected chi connectivity index (χ3v) is 3.89. The zero-order chi connectivity index (χ0) is 15.1. The maximum atomic E-state index is 11.6. The molecule has 0 bridgehead atoms. The molecule has 0 spiro atoms. The van der Waals surface area contributed by atoms with E-state index < -0.39 is 5.97 Å². The second kappa shape index (κ2) is 4.87. The Hall–Kier alpha value is -2.38. The van der Waals surface area contributed by atoms with E-state index in [2.05, 4.69) is 25.2 Å². The predicted molar refractivity (Wildman–Crippen MR) is 75.3 cm³/mol. The van der Waals surface area contributed by atoms with Crippen LogP contribution in [0.15, 0.2) is 0 Å². The minimum atomic E-state index is -0.530. The Labute approximate surface area is 122 Å². The second-order valence-corrected chi connectivity index (χ2v) is 5.13. The smallest absolute Gasteiger partial charge is 0.378 e. The van der Waals surface area contributed by atoms with E-state index in [1.165, 1.54) is 7.11 Å². The molecule has 1 N–H and O–H groups in total. The van der Waals surface area contributed by atoms with Gasteiger partial charge in [-0.2, -0.15) is 10.1 Å². The number of hydrogen-bond donors (Lipinski definition) is 1. The third-order valence-electron chi connectivity index (χ3n) is 3.89. The molecular formula is C13H18N6O2. The summed E-state index contributed by atoms with van der Waals surface area (Å²) in [6.45, 7) is 4.80. The number of aryl methyl sites for hydroxylation is 2. The first kappa shape index (κ1) is 13.6. The standard InChI is InChI=1S/C13H18N6O2/c1-7-10(8(2)18(3)16-7)9-5-6-14-13-15-11(12(20)21-4)17-19(9)13/h9H,5-6H2,1-4H3,(H,14,15,17). The molecule has 0 fully saturated rings. The van der Waals surface area contributed by atoms with Gasteiger partial charge in [0.05, 0.1) is 18.8 Å². The van der Waals surface area contributed by atoms with Crippen LogP contribution in [0.1, 0.15) is 40.0 Å². The summed E-state index contributed by atoms with van der Waals surface area (Å²) in [6.07, 6.45) is 0.865. The summed E-state index contributed by atoms with van der Waals surface area (Å²) in [7, 11) is 3.25. The molecule has 0 saturated heterocycles. The number of nitrogens with zero attached hydrogens (tertiary/aromatic N) is 5. The van der Waals surface area contributed by atoms with Crippen LogP contribution >= 0.6 is 0 Å². The van der Waals surface area contributed by atoms with Crippen molar-refractivity contribution in [1.82, 2.24) is 24.5 Å². The van der Waals surface area contributed by atoms with Gasteiger partial charge < -0.3 is 10.1 Å². The highest BCUT2D eigenvalue weighted by Gasteiger charge is 2.30. The molecule has 3 heterocycles. The molecule has 1 unspecified atom stereocenters. The molecule has 2 aromatic rings. The van der Waals surface area contributed by atoms with Gasteiger partial charge in [0.15, 0.2) is 0 Å². The average molecular weight is 290 g/mol. The van der Waals surface area contributed by atoms with Crippen molar-refractivity contribution in [2.45, 2.75) is 26.3 Å². The van der Waals surface area contributed by atoms with E-state index in [-0.39, 0.29) is 11.9 Å². The molecule has 112 valence electrons. The molecule has 21 heavy (non-hydrogen) atoms. The highest BCUT2D eigenvalue weighted by Crippen LogP contribution is 2.32. The lowest BCUT2D eigenvalue weighted by atomic mass is 10.0. The Morgan fingerprint density at radius 1 is 1.38 bits per heavy atom. The van der Waals surface area contributed by atoms with Crippen molar-refractivity contribution in [3.63, 3.8) is 0 Å². The van der Waals surface area contributed by atoms with Crippen molar-refractivity contribution in [2.75, 3.05) is 19.0 Å². The summed E-state index contributed by atoms with van der Waals surface area (Å²) < 4.78 is 8.31. The van der Waals surface area contributed by atoms with Crippen LogP contribution in [0.25, 0.3) is 0 Å². The summed E-state index contributed by atoms with van der Waals surface area (Å²) in [5.41, 5.74) is 3.21. The molecule has 2 aromatic heterocycles. The van der Waals surface area contributed by atoms with E-state index in [0.717, 1.165) is 29.9 Å². The maximum absolute atomic E-state index is 11.6. The fraction of sp³-hybridized carbons (Fsp3) is 0.538. The molecule has 1 atom stereocenters. The Kier molecular flexibility index (Phi) is 3.15. The first-order chi connectivity index (χ1) is 10.0. The Morgan fingerprint density at radius 2 is 2.14 bits per heavy atom. The zero-order valence-electron chi connectivity index (χ0n) is 12.5. The van der Waals surface area contributed by atoms with E-state index >= 15 is 0 Å². The lowest BCUT2D eigenvalue weighted by molar-refractivity contribution is 0.0586. The van der Waals surface area contributed by atoms with Gasteiger partial charge in [-0.05, 0) is 20.3 Å². The van der Waals surface area contributed by atoms with Gasteiger partial charge in [0.25, 0.3) is 5.82 Å². The number of methoxy groups -OCH3 is 1. The first-order valence-electron chi connectivity index (χ1n) is 6.81. The molecular weight excluding hydrogens is 272 g/mol. The van der Waals surface area contributed by atoms with Gasteiger partial charge in [0, 0.05) is 24.8 Å². The zero-order valence-corrected chi connectivity index (χ0v) is 12.5. The number of ether oxygens (including phenoxy) is 1. The van der Waals surface area contributed by atoms with E-state index in [9.17, 15) is 4.79 Å². The largest absolute Gasteiger partial charge is 0.463 e. The topological polar surface area (TPSA) is 86.9 Å². The van der Waals surface area contributed by atoms with E-state index in [0.29, 0.717) is 5.95 Å². The van der Waals surface area contributed by atoms with Gasteiger partial charge >= 0.3 is 5.97 Å². The van der Waals surface area contributed by atoms with Crippen LogP contribution in [0.5, 0.6) is 0 Å². The number of nitrogens with one attached hydrogen (secondary N) is 1.